The van der Waals surface area contributed by atoms with Gasteiger partial charge in [0.2, 0.25) is 0 Å². The van der Waals surface area contributed by atoms with E-state index in [4.69, 9.17) is 9.05 Å². The molecule has 1 aromatic heterocycles. The molecule has 0 saturated carbocycles. The van der Waals surface area contributed by atoms with E-state index < -0.39 is 21.3 Å². The first-order valence-electron chi connectivity index (χ1n) is 6.62. The second kappa shape index (κ2) is 8.06. The van der Waals surface area contributed by atoms with Crippen LogP contribution in [-0.4, -0.2) is 32.5 Å². The van der Waals surface area contributed by atoms with Crippen LogP contribution in [0.25, 0.3) is 0 Å². The minimum absolute atomic E-state index is 0.0937. The Labute approximate surface area is 134 Å². The number of thioether (sulfide) groups is 1. The first kappa shape index (κ1) is 19.8. The fourth-order valence-electron chi connectivity index (χ4n) is 1.50. The molecular formula is C12H21NO6P2S. The Hall–Kier alpha value is -0.200. The zero-order chi connectivity index (χ0) is 17.0. The van der Waals surface area contributed by atoms with Gasteiger partial charge in [0.25, 0.3) is 0 Å². The molecule has 0 bridgehead atoms. The molecule has 0 saturated heterocycles. The summed E-state index contributed by atoms with van der Waals surface area (Å²) in [6.07, 6.45) is 0.572. The molecule has 22 heavy (non-hydrogen) atoms. The van der Waals surface area contributed by atoms with Crippen LogP contribution in [0.2, 0.25) is 0 Å². The van der Waals surface area contributed by atoms with Gasteiger partial charge in [-0.3, -0.25) is 9.13 Å². The minimum atomic E-state index is -4.00. The van der Waals surface area contributed by atoms with Crippen LogP contribution < -0.4 is 5.44 Å². The van der Waals surface area contributed by atoms with E-state index in [2.05, 4.69) is 4.98 Å². The van der Waals surface area contributed by atoms with Crippen molar-refractivity contribution < 1.29 is 28.0 Å². The molecule has 0 aliphatic heterocycles. The van der Waals surface area contributed by atoms with Crippen molar-refractivity contribution >= 4 is 32.4 Å². The maximum Gasteiger partial charge on any atom is 0.377 e. The quantitative estimate of drug-likeness (QED) is 0.532. The van der Waals surface area contributed by atoms with Gasteiger partial charge in [-0.25, -0.2) is 4.98 Å². The van der Waals surface area contributed by atoms with Gasteiger partial charge in [-0.1, -0.05) is 0 Å². The van der Waals surface area contributed by atoms with E-state index in [0.29, 0.717) is 4.90 Å². The van der Waals surface area contributed by atoms with Gasteiger partial charge in [-0.15, -0.1) is 11.8 Å². The molecule has 2 N–H and O–H groups in total. The van der Waals surface area contributed by atoms with E-state index in [9.17, 15) is 18.9 Å². The van der Waals surface area contributed by atoms with Gasteiger partial charge < -0.3 is 18.8 Å². The molecule has 7 nitrogen and oxygen atoms in total. The van der Waals surface area contributed by atoms with Crippen LogP contribution in [-0.2, 0) is 18.2 Å². The lowest BCUT2D eigenvalue weighted by Gasteiger charge is -2.16. The molecule has 0 fully saturated rings. The number of pyridine rings is 1. The summed E-state index contributed by atoms with van der Waals surface area (Å²) in [6, 6.07) is 2.96. The third-order valence-corrected chi connectivity index (χ3v) is 6.82. The molecule has 0 aliphatic carbocycles. The van der Waals surface area contributed by atoms with E-state index in [-0.39, 0.29) is 17.0 Å². The lowest BCUT2D eigenvalue weighted by molar-refractivity contribution is 0.207. The summed E-state index contributed by atoms with van der Waals surface area (Å²) in [4.78, 5) is 23.9. The van der Waals surface area contributed by atoms with E-state index in [0.717, 1.165) is 11.8 Å². The predicted molar refractivity (Wildman–Crippen MR) is 86.7 cm³/mol. The van der Waals surface area contributed by atoms with Gasteiger partial charge in [-0.05, 0) is 39.8 Å². The lowest BCUT2D eigenvalue weighted by Crippen LogP contribution is -2.14. The molecule has 1 heterocycles. The van der Waals surface area contributed by atoms with Crippen molar-refractivity contribution in [1.29, 1.82) is 0 Å². The molecule has 10 heteroatoms. The van der Waals surface area contributed by atoms with Crippen LogP contribution in [0.15, 0.2) is 23.2 Å². The van der Waals surface area contributed by atoms with Crippen LogP contribution >= 0.6 is 27.0 Å². The van der Waals surface area contributed by atoms with Crippen molar-refractivity contribution in [3.05, 3.63) is 18.3 Å². The molecule has 0 spiro atoms. The van der Waals surface area contributed by atoms with Crippen molar-refractivity contribution in [2.45, 2.75) is 44.8 Å². The first-order chi connectivity index (χ1) is 10.0. The highest BCUT2D eigenvalue weighted by Crippen LogP contribution is 2.48. The highest BCUT2D eigenvalue weighted by Gasteiger charge is 2.27. The Morgan fingerprint density at radius 3 is 2.32 bits per heavy atom. The van der Waals surface area contributed by atoms with Gasteiger partial charge in [0.1, 0.15) is 5.49 Å². The highest BCUT2D eigenvalue weighted by atomic mass is 32.2. The van der Waals surface area contributed by atoms with Crippen LogP contribution in [0.5, 0.6) is 0 Å². The van der Waals surface area contributed by atoms with E-state index in [1.807, 2.05) is 0 Å². The van der Waals surface area contributed by atoms with Crippen LogP contribution in [0, 0.1) is 0 Å². The van der Waals surface area contributed by atoms with E-state index >= 15 is 0 Å². The van der Waals surface area contributed by atoms with Crippen molar-refractivity contribution in [1.82, 2.24) is 4.98 Å². The molecule has 1 rings (SSSR count). The average Bonchev–Trinajstić information content (AvgIpc) is 2.34. The number of hydrogen-bond donors (Lipinski definition) is 2. The smallest absolute Gasteiger partial charge is 0.324 e. The zero-order valence-electron chi connectivity index (χ0n) is 12.9. The maximum atomic E-state index is 12.1. The Kier molecular flexibility index (Phi) is 7.27. The molecule has 0 radical (unpaired) electrons. The third kappa shape index (κ3) is 6.92. The monoisotopic (exact) mass is 369 g/mol. The summed E-state index contributed by atoms with van der Waals surface area (Å²) >= 11 is 1.05. The lowest BCUT2D eigenvalue weighted by atomic mass is 10.5. The first-order valence-corrected chi connectivity index (χ1v) is 11.0. The van der Waals surface area contributed by atoms with Gasteiger partial charge in [0.05, 0.1) is 12.2 Å². The molecule has 2 unspecified atom stereocenters. The molecule has 0 aliphatic rings. The van der Waals surface area contributed by atoms with Crippen molar-refractivity contribution in [2.24, 2.45) is 0 Å². The van der Waals surface area contributed by atoms with Gasteiger partial charge in [0, 0.05) is 11.1 Å². The fourth-order valence-corrected chi connectivity index (χ4v) is 5.28. The molecule has 126 valence electrons. The molecule has 2 atom stereocenters. The Morgan fingerprint density at radius 2 is 1.77 bits per heavy atom. The van der Waals surface area contributed by atoms with Crippen LogP contribution in [0.1, 0.15) is 27.7 Å². The van der Waals surface area contributed by atoms with Crippen LogP contribution in [0.3, 0.4) is 0 Å². The fraction of sp³-hybridized carbons (Fsp3) is 0.583. The number of rotatable bonds is 8. The molecule has 0 aromatic carbocycles. The summed E-state index contributed by atoms with van der Waals surface area (Å²) in [5.74, 6) is 0. The summed E-state index contributed by atoms with van der Waals surface area (Å²) in [5.41, 5.74) is -0.251. The predicted octanol–water partition coefficient (Wildman–Crippen LogP) is 2.98. The second-order valence-electron chi connectivity index (χ2n) is 5.09. The standard InChI is InChI=1S/C12H21NO6P2S/c1-9(2)18-20(14,15)8-22-11-5-6-13-12(7-11)21(16,17)19-10(3)4/h5-7,9-10H,8H2,1-4H3,(H,14,15)(H,16,17). The summed E-state index contributed by atoms with van der Waals surface area (Å²) < 4.78 is 33.8. The SMILES string of the molecule is CC(C)OP(=O)(O)CSc1ccnc(P(=O)(O)OC(C)C)c1. The van der Waals surface area contributed by atoms with Crippen LogP contribution in [0.4, 0.5) is 0 Å². The van der Waals surface area contributed by atoms with E-state index in [1.54, 1.807) is 33.8 Å². The van der Waals surface area contributed by atoms with Gasteiger partial charge in [-0.2, -0.15) is 0 Å². The largest absolute Gasteiger partial charge is 0.377 e. The van der Waals surface area contributed by atoms with Crippen molar-refractivity contribution in [3.63, 3.8) is 0 Å². The minimum Gasteiger partial charge on any atom is -0.324 e. The third-order valence-electron chi connectivity index (χ3n) is 2.13. The molecular weight excluding hydrogens is 348 g/mol. The Balaban J connectivity index is 2.81. The Morgan fingerprint density at radius 1 is 1.18 bits per heavy atom. The topological polar surface area (TPSA) is 106 Å². The summed E-state index contributed by atoms with van der Waals surface area (Å²) in [6.45, 7) is 6.63. The number of nitrogens with zero attached hydrogens (tertiary/aromatic N) is 1. The second-order valence-corrected chi connectivity index (χ2v) is 10.1. The molecule has 1 aromatic rings. The number of aromatic nitrogens is 1. The summed E-state index contributed by atoms with van der Waals surface area (Å²) in [5, 5.41) is 0. The van der Waals surface area contributed by atoms with Crippen molar-refractivity contribution in [3.8, 4) is 0 Å². The van der Waals surface area contributed by atoms with Gasteiger partial charge in [0.15, 0.2) is 5.44 Å². The normalized spacial score (nSPS) is 17.5. The van der Waals surface area contributed by atoms with Gasteiger partial charge >= 0.3 is 15.2 Å². The molecule has 0 amide bonds. The Bertz CT molecular complexity index is 595. The summed E-state index contributed by atoms with van der Waals surface area (Å²) in [7, 11) is -7.71. The van der Waals surface area contributed by atoms with Crippen molar-refractivity contribution in [2.75, 3.05) is 5.49 Å². The highest BCUT2D eigenvalue weighted by molar-refractivity contribution is 8.04. The zero-order valence-corrected chi connectivity index (χ0v) is 15.5. The van der Waals surface area contributed by atoms with E-state index in [1.165, 1.54) is 12.3 Å². The maximum absolute atomic E-state index is 12.1. The average molecular weight is 369 g/mol. The number of hydrogen-bond acceptors (Lipinski definition) is 6.